The van der Waals surface area contributed by atoms with Crippen LogP contribution >= 0.6 is 0 Å². The van der Waals surface area contributed by atoms with Crippen molar-refractivity contribution in [2.45, 2.75) is 56.2 Å². The second kappa shape index (κ2) is 8.81. The molecular formula is C22H29N7O2S. The van der Waals surface area contributed by atoms with Crippen LogP contribution in [-0.2, 0) is 10.0 Å². The Morgan fingerprint density at radius 2 is 2.03 bits per heavy atom. The number of likely N-dealkylation sites (tertiary alicyclic amines) is 1. The number of piperidine rings is 1. The van der Waals surface area contributed by atoms with Gasteiger partial charge in [0.05, 0.1) is 29.1 Å². The molecule has 1 unspecified atom stereocenters. The summed E-state index contributed by atoms with van der Waals surface area (Å²) in [7, 11) is -3.44. The molecule has 0 radical (unpaired) electrons. The van der Waals surface area contributed by atoms with Gasteiger partial charge < -0.3 is 14.9 Å². The molecule has 10 heteroatoms. The van der Waals surface area contributed by atoms with Crippen LogP contribution in [0.1, 0.15) is 56.8 Å². The van der Waals surface area contributed by atoms with E-state index in [0.717, 1.165) is 80.2 Å². The normalized spacial score (nSPS) is 20.2. The third kappa shape index (κ3) is 4.12. The molecule has 3 aromatic heterocycles. The highest BCUT2D eigenvalue weighted by atomic mass is 32.2. The first-order valence-corrected chi connectivity index (χ1v) is 13.0. The van der Waals surface area contributed by atoms with Crippen molar-refractivity contribution in [3.05, 3.63) is 24.3 Å². The highest BCUT2D eigenvalue weighted by Gasteiger charge is 2.36. The van der Waals surface area contributed by atoms with Crippen molar-refractivity contribution in [2.75, 3.05) is 19.6 Å². The molecule has 0 aromatic carbocycles. The van der Waals surface area contributed by atoms with E-state index in [4.69, 9.17) is 10.2 Å². The van der Waals surface area contributed by atoms with Crippen LogP contribution in [0.15, 0.2) is 18.5 Å². The van der Waals surface area contributed by atoms with Gasteiger partial charge in [-0.05, 0) is 50.8 Å². The molecule has 1 atom stereocenters. The zero-order valence-corrected chi connectivity index (χ0v) is 18.9. The molecular weight excluding hydrogens is 426 g/mol. The van der Waals surface area contributed by atoms with Crippen LogP contribution in [0.25, 0.3) is 22.1 Å². The van der Waals surface area contributed by atoms with Gasteiger partial charge in [0.2, 0.25) is 10.0 Å². The lowest BCUT2D eigenvalue weighted by molar-refractivity contribution is 0.165. The van der Waals surface area contributed by atoms with Crippen LogP contribution in [0.4, 0.5) is 0 Å². The molecule has 2 aliphatic rings. The molecule has 3 aromatic rings. The minimum Gasteiger partial charge on any atom is -0.346 e. The van der Waals surface area contributed by atoms with Gasteiger partial charge in [0.25, 0.3) is 0 Å². The number of H-pyrrole nitrogens is 2. The summed E-state index contributed by atoms with van der Waals surface area (Å²) in [6, 6.07) is 3.75. The lowest BCUT2D eigenvalue weighted by Crippen LogP contribution is -2.43. The molecule has 2 fully saturated rings. The smallest absolute Gasteiger partial charge is 0.215 e. The molecule has 1 saturated heterocycles. The fraction of sp³-hybridized carbons (Fsp3) is 0.591. The van der Waals surface area contributed by atoms with Gasteiger partial charge in [0.1, 0.15) is 17.0 Å². The van der Waals surface area contributed by atoms with Crippen molar-refractivity contribution in [1.29, 1.82) is 5.26 Å². The summed E-state index contributed by atoms with van der Waals surface area (Å²) < 4.78 is 29.5. The number of nitrogens with zero attached hydrogens (tertiary/aromatic N) is 4. The molecule has 0 amide bonds. The summed E-state index contributed by atoms with van der Waals surface area (Å²) in [5, 5.41) is 9.48. The quantitative estimate of drug-likeness (QED) is 0.502. The summed E-state index contributed by atoms with van der Waals surface area (Å²) in [5.74, 6) is 0.798. The van der Waals surface area contributed by atoms with Crippen LogP contribution in [0.2, 0.25) is 0 Å². The van der Waals surface area contributed by atoms with Crippen molar-refractivity contribution in [2.24, 2.45) is 5.92 Å². The molecule has 1 aliphatic carbocycles. The molecule has 4 heterocycles. The van der Waals surface area contributed by atoms with Gasteiger partial charge in [-0.25, -0.2) is 23.1 Å². The number of nitriles is 1. The standard InChI is InChI=1S/C22H29N7O2S/c23-9-3-11-29-12-7-15(8-13-29)19(28-32(30,31)16-4-1-2-5-16)22-26-18-14-25-21-17(6-10-24-21)20(18)27-22/h6,10,14-16,19,28H,1-5,7-8,11-13H2,(H,24,25)(H,26,27). The average Bonchev–Trinajstić information content (AvgIpc) is 3.55. The van der Waals surface area contributed by atoms with Crippen molar-refractivity contribution in [3.63, 3.8) is 0 Å². The third-order valence-electron chi connectivity index (χ3n) is 7.02. The number of sulfonamides is 1. The maximum absolute atomic E-state index is 13.2. The lowest BCUT2D eigenvalue weighted by Gasteiger charge is -2.35. The van der Waals surface area contributed by atoms with Gasteiger partial charge in [-0.1, -0.05) is 12.8 Å². The molecule has 0 bridgehead atoms. The summed E-state index contributed by atoms with van der Waals surface area (Å²) in [6.45, 7) is 2.49. The monoisotopic (exact) mass is 455 g/mol. The molecule has 32 heavy (non-hydrogen) atoms. The van der Waals surface area contributed by atoms with Crippen LogP contribution in [-0.4, -0.2) is 58.1 Å². The summed E-state index contributed by atoms with van der Waals surface area (Å²) in [5.41, 5.74) is 2.39. The predicted molar refractivity (Wildman–Crippen MR) is 122 cm³/mol. The highest BCUT2D eigenvalue weighted by molar-refractivity contribution is 7.90. The molecule has 1 aliphatic heterocycles. The van der Waals surface area contributed by atoms with Crippen LogP contribution in [0.3, 0.4) is 0 Å². The van der Waals surface area contributed by atoms with Gasteiger partial charge in [0, 0.05) is 24.5 Å². The molecule has 9 nitrogen and oxygen atoms in total. The van der Waals surface area contributed by atoms with E-state index in [9.17, 15) is 8.42 Å². The van der Waals surface area contributed by atoms with Crippen LogP contribution in [0.5, 0.6) is 0 Å². The Kier molecular flexibility index (Phi) is 5.88. The van der Waals surface area contributed by atoms with Crippen molar-refractivity contribution < 1.29 is 8.42 Å². The minimum atomic E-state index is -3.44. The lowest BCUT2D eigenvalue weighted by atomic mass is 9.89. The largest absolute Gasteiger partial charge is 0.346 e. The predicted octanol–water partition coefficient (Wildman–Crippen LogP) is 2.97. The Bertz CT molecular complexity index is 1230. The SMILES string of the molecule is N#CCCN1CCC(C(NS(=O)(=O)C2CCCC2)c2nc3c(cnc4[nH]ccc43)[nH]2)CC1. The van der Waals surface area contributed by atoms with E-state index in [1.54, 1.807) is 6.20 Å². The van der Waals surface area contributed by atoms with E-state index in [1.165, 1.54) is 0 Å². The first-order chi connectivity index (χ1) is 15.5. The summed E-state index contributed by atoms with van der Waals surface area (Å²) in [6.07, 6.45) is 9.21. The van der Waals surface area contributed by atoms with Crippen LogP contribution in [0, 0.1) is 17.2 Å². The molecule has 170 valence electrons. The second-order valence-corrected chi connectivity index (χ2v) is 11.0. The topological polar surface area (TPSA) is 131 Å². The Balaban J connectivity index is 1.45. The zero-order valence-electron chi connectivity index (χ0n) is 18.0. The average molecular weight is 456 g/mol. The van der Waals surface area contributed by atoms with Gasteiger partial charge >= 0.3 is 0 Å². The van der Waals surface area contributed by atoms with Gasteiger partial charge in [0.15, 0.2) is 0 Å². The molecule has 5 rings (SSSR count). The van der Waals surface area contributed by atoms with Gasteiger partial charge in [-0.15, -0.1) is 0 Å². The van der Waals surface area contributed by atoms with Crippen molar-refractivity contribution in [3.8, 4) is 6.07 Å². The number of imidazole rings is 1. The third-order valence-corrected chi connectivity index (χ3v) is 8.96. The molecule has 0 spiro atoms. The highest BCUT2D eigenvalue weighted by Crippen LogP contribution is 2.34. The number of pyridine rings is 1. The first-order valence-electron chi connectivity index (χ1n) is 11.5. The van der Waals surface area contributed by atoms with Crippen molar-refractivity contribution >= 4 is 32.1 Å². The zero-order chi connectivity index (χ0) is 22.1. The Morgan fingerprint density at radius 3 is 2.78 bits per heavy atom. The maximum atomic E-state index is 13.2. The summed E-state index contributed by atoms with van der Waals surface area (Å²) in [4.78, 5) is 18.1. The number of fused-ring (bicyclic) bond motifs is 3. The minimum absolute atomic E-state index is 0.139. The number of nitrogens with one attached hydrogen (secondary N) is 3. The van der Waals surface area contributed by atoms with E-state index in [-0.39, 0.29) is 11.2 Å². The maximum Gasteiger partial charge on any atom is 0.215 e. The second-order valence-electron chi connectivity index (χ2n) is 9.02. The van der Waals surface area contributed by atoms with E-state index >= 15 is 0 Å². The fourth-order valence-electron chi connectivity index (χ4n) is 5.20. The number of hydrogen-bond donors (Lipinski definition) is 3. The summed E-state index contributed by atoms with van der Waals surface area (Å²) >= 11 is 0. The molecule has 1 saturated carbocycles. The number of aromatic amines is 2. The molecule has 3 N–H and O–H groups in total. The number of aromatic nitrogens is 4. The Morgan fingerprint density at radius 1 is 1.25 bits per heavy atom. The Labute approximate surface area is 187 Å². The van der Waals surface area contributed by atoms with Gasteiger partial charge in [-0.2, -0.15) is 5.26 Å². The first kappa shape index (κ1) is 21.4. The number of rotatable bonds is 7. The van der Waals surface area contributed by atoms with E-state index in [1.807, 2.05) is 12.3 Å². The Hall–Kier alpha value is -2.48. The van der Waals surface area contributed by atoms with Gasteiger partial charge in [-0.3, -0.25) is 0 Å². The van der Waals surface area contributed by atoms with E-state index in [2.05, 4.69) is 30.6 Å². The van der Waals surface area contributed by atoms with E-state index < -0.39 is 16.1 Å². The van der Waals surface area contributed by atoms with E-state index in [0.29, 0.717) is 12.2 Å². The van der Waals surface area contributed by atoms with Crippen molar-refractivity contribution in [1.82, 2.24) is 29.6 Å². The fourth-order valence-corrected chi connectivity index (χ4v) is 7.01. The van der Waals surface area contributed by atoms with Crippen LogP contribution < -0.4 is 4.72 Å². The number of hydrogen-bond acceptors (Lipinski definition) is 6.